The van der Waals surface area contributed by atoms with Gasteiger partial charge in [-0.15, -0.1) is 11.3 Å². The second-order valence-corrected chi connectivity index (χ2v) is 6.55. The maximum atomic E-state index is 9.79. The van der Waals surface area contributed by atoms with Crippen molar-refractivity contribution in [1.29, 1.82) is 5.26 Å². The van der Waals surface area contributed by atoms with E-state index in [0.29, 0.717) is 0 Å². The average molecular weight is 268 g/mol. The van der Waals surface area contributed by atoms with Crippen LogP contribution in [-0.2, 0) is 18.3 Å². The van der Waals surface area contributed by atoms with Crippen LogP contribution in [-0.4, -0.2) is 4.98 Å². The van der Waals surface area contributed by atoms with Crippen molar-refractivity contribution in [2.45, 2.75) is 38.0 Å². The number of nitriles is 1. The van der Waals surface area contributed by atoms with E-state index in [-0.39, 0.29) is 5.41 Å². The molecule has 0 saturated carbocycles. The summed E-state index contributed by atoms with van der Waals surface area (Å²) in [6.07, 6.45) is 5.88. The summed E-state index contributed by atoms with van der Waals surface area (Å²) >= 11 is 1.71. The number of aryl methyl sites for hydroxylation is 2. The lowest BCUT2D eigenvalue weighted by Gasteiger charge is -2.33. The normalized spacial score (nSPS) is 21.7. The van der Waals surface area contributed by atoms with Crippen molar-refractivity contribution in [3.05, 3.63) is 51.5 Å². The summed E-state index contributed by atoms with van der Waals surface area (Å²) < 4.78 is 0. The van der Waals surface area contributed by atoms with E-state index in [4.69, 9.17) is 0 Å². The van der Waals surface area contributed by atoms with E-state index >= 15 is 0 Å². The molecule has 1 aliphatic carbocycles. The molecule has 3 heteroatoms. The second-order valence-electron chi connectivity index (χ2n) is 5.23. The fourth-order valence-corrected chi connectivity index (χ4v) is 3.95. The van der Waals surface area contributed by atoms with Gasteiger partial charge in [0.05, 0.1) is 16.5 Å². The molecular formula is C16H16N2S. The summed E-state index contributed by atoms with van der Waals surface area (Å²) in [4.78, 5) is 5.53. The topological polar surface area (TPSA) is 36.7 Å². The van der Waals surface area contributed by atoms with Gasteiger partial charge in [0.25, 0.3) is 0 Å². The number of thiazole rings is 1. The van der Waals surface area contributed by atoms with E-state index in [0.717, 1.165) is 30.7 Å². The Balaban J connectivity index is 2.03. The van der Waals surface area contributed by atoms with Gasteiger partial charge < -0.3 is 0 Å². The van der Waals surface area contributed by atoms with Crippen LogP contribution in [0.3, 0.4) is 0 Å². The molecule has 19 heavy (non-hydrogen) atoms. The fraction of sp³-hybridized carbons (Fsp3) is 0.375. The van der Waals surface area contributed by atoms with Crippen LogP contribution in [0.15, 0.2) is 30.5 Å². The Morgan fingerprint density at radius 3 is 3.00 bits per heavy atom. The summed E-state index contributed by atoms with van der Waals surface area (Å²) in [7, 11) is 0. The number of hydrogen-bond donors (Lipinski definition) is 0. The van der Waals surface area contributed by atoms with Gasteiger partial charge in [-0.05, 0) is 37.3 Å². The molecule has 1 aromatic heterocycles. The van der Waals surface area contributed by atoms with Gasteiger partial charge in [-0.2, -0.15) is 5.26 Å². The maximum absolute atomic E-state index is 9.79. The smallest absolute Gasteiger partial charge is 0.0896 e. The van der Waals surface area contributed by atoms with Gasteiger partial charge in [0.1, 0.15) is 0 Å². The minimum absolute atomic E-state index is 0.353. The van der Waals surface area contributed by atoms with Gasteiger partial charge in [0.2, 0.25) is 0 Å². The molecule has 0 bridgehead atoms. The first-order chi connectivity index (χ1) is 9.23. The Morgan fingerprint density at radius 1 is 1.42 bits per heavy atom. The first-order valence-electron chi connectivity index (χ1n) is 6.64. The van der Waals surface area contributed by atoms with Gasteiger partial charge in [-0.25, -0.2) is 4.98 Å². The summed E-state index contributed by atoms with van der Waals surface area (Å²) in [6.45, 7) is 2.02. The van der Waals surface area contributed by atoms with Gasteiger partial charge in [-0.1, -0.05) is 24.3 Å². The van der Waals surface area contributed by atoms with Gasteiger partial charge in [0.15, 0.2) is 0 Å². The molecule has 2 nitrogen and oxygen atoms in total. The summed E-state index contributed by atoms with van der Waals surface area (Å²) in [5, 5.41) is 10.9. The number of rotatable bonds is 2. The molecule has 0 radical (unpaired) electrons. The highest BCUT2D eigenvalue weighted by Crippen LogP contribution is 2.40. The predicted molar refractivity (Wildman–Crippen MR) is 77.2 cm³/mol. The quantitative estimate of drug-likeness (QED) is 0.831. The van der Waals surface area contributed by atoms with Crippen molar-refractivity contribution < 1.29 is 0 Å². The van der Waals surface area contributed by atoms with Crippen LogP contribution in [0.4, 0.5) is 0 Å². The van der Waals surface area contributed by atoms with Crippen molar-refractivity contribution in [2.75, 3.05) is 0 Å². The van der Waals surface area contributed by atoms with Crippen LogP contribution < -0.4 is 0 Å². The first-order valence-corrected chi connectivity index (χ1v) is 7.46. The SMILES string of the molecule is Cc1ncc(CC2(C#N)CCCc3ccccc32)s1. The van der Waals surface area contributed by atoms with E-state index in [1.165, 1.54) is 16.0 Å². The number of hydrogen-bond acceptors (Lipinski definition) is 3. The Kier molecular flexibility index (Phi) is 3.12. The Bertz CT molecular complexity index is 638. The largest absolute Gasteiger partial charge is 0.250 e. The van der Waals surface area contributed by atoms with E-state index in [2.05, 4.69) is 29.3 Å². The third-order valence-corrected chi connectivity index (χ3v) is 4.85. The van der Waals surface area contributed by atoms with Crippen LogP contribution in [0.2, 0.25) is 0 Å². The third kappa shape index (κ3) is 2.17. The van der Waals surface area contributed by atoms with Crippen molar-refractivity contribution in [2.24, 2.45) is 0 Å². The van der Waals surface area contributed by atoms with E-state index < -0.39 is 0 Å². The monoisotopic (exact) mass is 268 g/mol. The molecular weight excluding hydrogens is 252 g/mol. The second kappa shape index (κ2) is 4.79. The van der Waals surface area contributed by atoms with Crippen LogP contribution in [0.25, 0.3) is 0 Å². The zero-order chi connectivity index (χ0) is 13.3. The van der Waals surface area contributed by atoms with Crippen molar-refractivity contribution in [3.63, 3.8) is 0 Å². The molecule has 2 aromatic rings. The number of benzene rings is 1. The molecule has 1 aliphatic rings. The van der Waals surface area contributed by atoms with Gasteiger partial charge >= 0.3 is 0 Å². The standard InChI is InChI=1S/C16H16N2S/c1-12-18-10-14(19-12)9-16(11-17)8-4-6-13-5-2-3-7-15(13)16/h2-3,5,7,10H,4,6,8-9H2,1H3. The van der Waals surface area contributed by atoms with Crippen LogP contribution in [0.5, 0.6) is 0 Å². The Morgan fingerprint density at radius 2 is 2.26 bits per heavy atom. The Labute approximate surface area is 117 Å². The third-order valence-electron chi connectivity index (χ3n) is 3.94. The molecule has 1 aromatic carbocycles. The van der Waals surface area contributed by atoms with E-state index in [1.807, 2.05) is 19.2 Å². The molecule has 1 unspecified atom stereocenters. The van der Waals surface area contributed by atoms with Crippen molar-refractivity contribution >= 4 is 11.3 Å². The first kappa shape index (κ1) is 12.4. The van der Waals surface area contributed by atoms with Crippen LogP contribution >= 0.6 is 11.3 Å². The zero-order valence-corrected chi connectivity index (χ0v) is 11.8. The minimum Gasteiger partial charge on any atom is -0.250 e. The van der Waals surface area contributed by atoms with Gasteiger partial charge in [-0.3, -0.25) is 0 Å². The lowest BCUT2D eigenvalue weighted by molar-refractivity contribution is 0.452. The van der Waals surface area contributed by atoms with E-state index in [1.54, 1.807) is 11.3 Å². The molecule has 0 fully saturated rings. The number of fused-ring (bicyclic) bond motifs is 1. The number of nitrogens with zero attached hydrogens (tertiary/aromatic N) is 2. The Hall–Kier alpha value is -1.66. The highest BCUT2D eigenvalue weighted by atomic mass is 32.1. The van der Waals surface area contributed by atoms with Gasteiger partial charge in [0, 0.05) is 17.5 Å². The molecule has 0 spiro atoms. The lowest BCUT2D eigenvalue weighted by Crippen LogP contribution is -2.31. The lowest BCUT2D eigenvalue weighted by atomic mass is 9.69. The molecule has 1 heterocycles. The van der Waals surface area contributed by atoms with E-state index in [9.17, 15) is 5.26 Å². The highest BCUT2D eigenvalue weighted by molar-refractivity contribution is 7.11. The van der Waals surface area contributed by atoms with Crippen LogP contribution in [0, 0.1) is 18.3 Å². The summed E-state index contributed by atoms with van der Waals surface area (Å²) in [5.41, 5.74) is 2.22. The molecule has 0 saturated heterocycles. The highest BCUT2D eigenvalue weighted by Gasteiger charge is 2.37. The number of aromatic nitrogens is 1. The molecule has 96 valence electrons. The molecule has 1 atom stereocenters. The fourth-order valence-electron chi connectivity index (χ4n) is 3.04. The molecule has 0 N–H and O–H groups in total. The predicted octanol–water partition coefficient (Wildman–Crippen LogP) is 3.79. The molecule has 0 amide bonds. The van der Waals surface area contributed by atoms with Crippen molar-refractivity contribution in [1.82, 2.24) is 4.98 Å². The summed E-state index contributed by atoms with van der Waals surface area (Å²) in [5.74, 6) is 0. The maximum Gasteiger partial charge on any atom is 0.0896 e. The molecule has 3 rings (SSSR count). The van der Waals surface area contributed by atoms with Crippen molar-refractivity contribution in [3.8, 4) is 6.07 Å². The molecule has 0 aliphatic heterocycles. The minimum atomic E-state index is -0.353. The van der Waals surface area contributed by atoms with Crippen LogP contribution in [0.1, 0.15) is 33.9 Å². The zero-order valence-electron chi connectivity index (χ0n) is 11.0. The average Bonchev–Trinajstić information content (AvgIpc) is 2.84. The summed E-state index contributed by atoms with van der Waals surface area (Å²) in [6, 6.07) is 11.0.